The van der Waals surface area contributed by atoms with Crippen LogP contribution in [0, 0.1) is 11.8 Å². The van der Waals surface area contributed by atoms with E-state index >= 15 is 0 Å². The Bertz CT molecular complexity index is 450. The van der Waals surface area contributed by atoms with Gasteiger partial charge in [-0.2, -0.15) is 25.3 Å². The molecule has 0 unspecified atom stereocenters. The molecule has 0 rings (SSSR count). The third-order valence-electron chi connectivity index (χ3n) is 6.55. The van der Waals surface area contributed by atoms with Gasteiger partial charge in [0.25, 0.3) is 0 Å². The Hall–Kier alpha value is 0.439. The van der Waals surface area contributed by atoms with E-state index in [2.05, 4.69) is 80.6 Å². The Balaban J connectivity index is -0.000000152. The number of carbonyl (C=O) groups is 2. The van der Waals surface area contributed by atoms with Crippen molar-refractivity contribution in [2.75, 3.05) is 24.7 Å². The molecule has 0 atom stereocenters. The smallest absolute Gasteiger partial charge is 0.315 e. The van der Waals surface area contributed by atoms with Crippen molar-refractivity contribution in [2.45, 2.75) is 184 Å². The van der Waals surface area contributed by atoms with Gasteiger partial charge in [0.1, 0.15) is 0 Å². The summed E-state index contributed by atoms with van der Waals surface area (Å²) >= 11 is 7.62. The molecule has 0 aromatic heterocycles. The van der Waals surface area contributed by atoms with Crippen molar-refractivity contribution in [3.05, 3.63) is 0 Å². The minimum Gasteiger partial charge on any atom is -0.465 e. The molecular formula is C36H76O4S2Sn. The molecule has 0 aliphatic heterocycles. The fourth-order valence-corrected chi connectivity index (χ4v) is 4.02. The van der Waals surface area contributed by atoms with E-state index in [-0.39, 0.29) is 47.4 Å². The summed E-state index contributed by atoms with van der Waals surface area (Å²) in [6.45, 7) is 19.0. The van der Waals surface area contributed by atoms with Crippen molar-refractivity contribution in [3.63, 3.8) is 0 Å². The van der Waals surface area contributed by atoms with Gasteiger partial charge in [-0.25, -0.2) is 0 Å². The predicted molar refractivity (Wildman–Crippen MR) is 200 cm³/mol. The van der Waals surface area contributed by atoms with E-state index in [1.807, 2.05) is 0 Å². The second-order valence-corrected chi connectivity index (χ2v) is 12.7. The van der Waals surface area contributed by atoms with Crippen molar-refractivity contribution in [1.29, 1.82) is 0 Å². The molecule has 0 aromatic carbocycles. The van der Waals surface area contributed by atoms with Gasteiger partial charge in [-0.1, -0.05) is 171 Å². The Morgan fingerprint density at radius 1 is 0.465 bits per heavy atom. The first-order chi connectivity index (χ1) is 20.2. The predicted octanol–water partition coefficient (Wildman–Crippen LogP) is 11.7. The minimum atomic E-state index is -0.216. The molecule has 0 amide bonds. The van der Waals surface area contributed by atoms with E-state index in [1.54, 1.807) is 0 Å². The minimum absolute atomic E-state index is 0. The molecule has 0 heterocycles. The fraction of sp³-hybridized carbons (Fsp3) is 0.944. The number of hydrogen-bond acceptors (Lipinski definition) is 6. The molecule has 0 saturated heterocycles. The number of ether oxygens (including phenoxy) is 2. The van der Waals surface area contributed by atoms with Crippen LogP contribution in [0.15, 0.2) is 0 Å². The molecule has 4 radical (unpaired) electrons. The normalized spacial score (nSPS) is 9.95. The van der Waals surface area contributed by atoms with Gasteiger partial charge in [0.05, 0.1) is 24.7 Å². The van der Waals surface area contributed by atoms with Crippen LogP contribution in [0.2, 0.25) is 0 Å². The van der Waals surface area contributed by atoms with Gasteiger partial charge in [-0.15, -0.1) is 0 Å². The molecule has 7 heteroatoms. The van der Waals surface area contributed by atoms with E-state index < -0.39 is 0 Å². The maximum absolute atomic E-state index is 10.7. The van der Waals surface area contributed by atoms with Gasteiger partial charge in [-0.05, 0) is 24.7 Å². The van der Waals surface area contributed by atoms with E-state index in [9.17, 15) is 9.59 Å². The van der Waals surface area contributed by atoms with Crippen molar-refractivity contribution in [3.8, 4) is 0 Å². The van der Waals surface area contributed by atoms with Gasteiger partial charge in [-0.3, -0.25) is 9.59 Å². The van der Waals surface area contributed by atoms with Crippen LogP contribution in [0.5, 0.6) is 0 Å². The van der Waals surface area contributed by atoms with Crippen molar-refractivity contribution in [2.24, 2.45) is 11.8 Å². The van der Waals surface area contributed by atoms with Crippen LogP contribution in [-0.4, -0.2) is 60.6 Å². The number of carbonyl (C=O) groups excluding carboxylic acids is 2. The summed E-state index contributed by atoms with van der Waals surface area (Å²) in [7, 11) is 0. The molecule has 0 spiro atoms. The Morgan fingerprint density at radius 2 is 0.721 bits per heavy atom. The monoisotopic (exact) mass is 756 g/mol. The maximum Gasteiger partial charge on any atom is 0.315 e. The molecule has 0 fully saturated rings. The largest absolute Gasteiger partial charge is 0.465 e. The Morgan fingerprint density at radius 3 is 0.930 bits per heavy atom. The van der Waals surface area contributed by atoms with Gasteiger partial charge >= 0.3 is 11.9 Å². The zero-order valence-corrected chi connectivity index (χ0v) is 34.8. The van der Waals surface area contributed by atoms with Crippen LogP contribution in [0.3, 0.4) is 0 Å². The van der Waals surface area contributed by atoms with Gasteiger partial charge in [0, 0.05) is 23.9 Å². The number of unbranched alkanes of at least 4 members (excludes halogenated alkanes) is 14. The second kappa shape index (κ2) is 49.3. The molecule has 4 nitrogen and oxygen atoms in total. The summed E-state index contributed by atoms with van der Waals surface area (Å²) in [5, 5.41) is 0. The van der Waals surface area contributed by atoms with Crippen LogP contribution in [0.1, 0.15) is 184 Å². The van der Waals surface area contributed by atoms with Gasteiger partial charge in [0.2, 0.25) is 0 Å². The van der Waals surface area contributed by atoms with E-state index in [0.717, 1.165) is 37.5 Å². The molecule has 43 heavy (non-hydrogen) atoms. The standard InChI is InChI=1S/2C10H20O2S.2C8H18.Sn/c2*1-9(2)6-4-3-5-7-12-10(11)8-13;2*1-3-5-7-8-6-4-2;/h2*9,13H,3-8H2,1-2H3;2*3-8H2,1-2H3;. The first kappa shape index (κ1) is 52.9. The zero-order valence-electron chi connectivity index (χ0n) is 30.2. The van der Waals surface area contributed by atoms with Gasteiger partial charge in [0.15, 0.2) is 0 Å². The second-order valence-electron chi connectivity index (χ2n) is 12.1. The number of rotatable bonds is 24. The third-order valence-corrected chi connectivity index (χ3v) is 7.07. The molecular weight excluding hydrogens is 679 g/mol. The number of hydrogen-bond donors (Lipinski definition) is 2. The molecule has 0 saturated carbocycles. The average molecular weight is 756 g/mol. The van der Waals surface area contributed by atoms with E-state index in [0.29, 0.717) is 13.2 Å². The zero-order chi connectivity index (χ0) is 32.7. The maximum atomic E-state index is 10.7. The molecule has 0 bridgehead atoms. The molecule has 0 aliphatic carbocycles. The van der Waals surface area contributed by atoms with Crippen LogP contribution >= 0.6 is 25.3 Å². The number of thiol groups is 2. The summed E-state index contributed by atoms with van der Waals surface area (Å²) in [5.74, 6) is 1.50. The van der Waals surface area contributed by atoms with E-state index in [1.165, 1.54) is 103 Å². The molecule has 0 N–H and O–H groups in total. The molecule has 0 aromatic rings. The molecule has 260 valence electrons. The van der Waals surface area contributed by atoms with Crippen LogP contribution < -0.4 is 0 Å². The van der Waals surface area contributed by atoms with E-state index in [4.69, 9.17) is 9.47 Å². The first-order valence-corrected chi connectivity index (χ1v) is 19.0. The van der Waals surface area contributed by atoms with Crippen molar-refractivity contribution < 1.29 is 19.1 Å². The third kappa shape index (κ3) is 66.0. The SMILES string of the molecule is CC(C)CCCCCOC(=O)CS.CC(C)CCCCCOC(=O)CS.CCCCCCCC.CCCCCCCC.[Sn]. The summed E-state index contributed by atoms with van der Waals surface area (Å²) in [6, 6.07) is 0. The van der Waals surface area contributed by atoms with Crippen LogP contribution in [-0.2, 0) is 19.1 Å². The summed E-state index contributed by atoms with van der Waals surface area (Å²) in [6.07, 6.45) is 26.2. The Labute approximate surface area is 298 Å². The van der Waals surface area contributed by atoms with Crippen molar-refractivity contribution >= 4 is 61.1 Å². The number of esters is 2. The topological polar surface area (TPSA) is 52.6 Å². The molecule has 0 aliphatic rings. The fourth-order valence-electron chi connectivity index (χ4n) is 3.83. The quantitative estimate of drug-likeness (QED) is 0.0446. The first-order valence-electron chi connectivity index (χ1n) is 17.7. The summed E-state index contributed by atoms with van der Waals surface area (Å²) < 4.78 is 9.77. The van der Waals surface area contributed by atoms with Crippen molar-refractivity contribution in [1.82, 2.24) is 0 Å². The van der Waals surface area contributed by atoms with Crippen LogP contribution in [0.4, 0.5) is 0 Å². The average Bonchev–Trinajstić information content (AvgIpc) is 2.97. The summed E-state index contributed by atoms with van der Waals surface area (Å²) in [4.78, 5) is 21.3. The summed E-state index contributed by atoms with van der Waals surface area (Å²) in [5.41, 5.74) is 0. The Kier molecular flexibility index (Phi) is 60.7. The van der Waals surface area contributed by atoms with Gasteiger partial charge < -0.3 is 9.47 Å². The van der Waals surface area contributed by atoms with Crippen LogP contribution in [0.25, 0.3) is 0 Å².